The Morgan fingerprint density at radius 3 is 2.89 bits per heavy atom. The number of nitrogens with two attached hydrogens (primary N) is 1. The van der Waals surface area contributed by atoms with Gasteiger partial charge < -0.3 is 15.6 Å². The Balaban J connectivity index is 2.25. The fraction of sp³-hybridized carbons (Fsp3) is 0.400. The minimum Gasteiger partial charge on any atom is -0.347 e. The molecule has 0 aliphatic carbocycles. The second-order valence-electron chi connectivity index (χ2n) is 4.91. The third-order valence-corrected chi connectivity index (χ3v) is 3.31. The molecule has 0 aliphatic heterocycles. The Bertz CT molecular complexity index is 574. The van der Waals surface area contributed by atoms with Gasteiger partial charge in [-0.1, -0.05) is 19.9 Å². The van der Waals surface area contributed by atoms with Crippen LogP contribution in [0.4, 0.5) is 5.69 Å². The lowest BCUT2D eigenvalue weighted by Crippen LogP contribution is -2.26. The zero-order valence-electron chi connectivity index (χ0n) is 11.5. The molecular weight excluding hydrogens is 238 g/mol. The number of fused-ring (bicyclic) bond motifs is 1. The minimum atomic E-state index is -0.168. The van der Waals surface area contributed by atoms with Gasteiger partial charge in [0.15, 0.2) is 0 Å². The highest BCUT2D eigenvalue weighted by molar-refractivity contribution is 5.95. The third-order valence-electron chi connectivity index (χ3n) is 3.31. The third kappa shape index (κ3) is 2.96. The molecule has 1 unspecified atom stereocenters. The fourth-order valence-corrected chi connectivity index (χ4v) is 2.07. The van der Waals surface area contributed by atoms with Gasteiger partial charge in [0.05, 0.1) is 5.52 Å². The summed E-state index contributed by atoms with van der Waals surface area (Å²) >= 11 is 0. The van der Waals surface area contributed by atoms with Crippen molar-refractivity contribution in [1.29, 1.82) is 0 Å². The van der Waals surface area contributed by atoms with Crippen LogP contribution in [0.3, 0.4) is 0 Å². The van der Waals surface area contributed by atoms with Crippen molar-refractivity contribution < 1.29 is 4.79 Å². The molecule has 1 heterocycles. The molecule has 102 valence electrons. The molecule has 0 spiro atoms. The van der Waals surface area contributed by atoms with Crippen molar-refractivity contribution in [3.8, 4) is 0 Å². The van der Waals surface area contributed by atoms with Gasteiger partial charge in [0, 0.05) is 30.9 Å². The van der Waals surface area contributed by atoms with Crippen molar-refractivity contribution >= 4 is 22.5 Å². The van der Waals surface area contributed by atoms with Crippen molar-refractivity contribution in [2.24, 2.45) is 11.7 Å². The van der Waals surface area contributed by atoms with Crippen LogP contribution in [0.2, 0.25) is 0 Å². The first-order valence-electron chi connectivity index (χ1n) is 6.75. The molecule has 4 heteroatoms. The molecule has 2 aromatic rings. The lowest BCUT2D eigenvalue weighted by Gasteiger charge is -2.11. The lowest BCUT2D eigenvalue weighted by molar-refractivity contribution is -0.119. The molecule has 3 N–H and O–H groups in total. The van der Waals surface area contributed by atoms with E-state index >= 15 is 0 Å². The predicted octanol–water partition coefficient (Wildman–Crippen LogP) is 2.58. The van der Waals surface area contributed by atoms with Crippen LogP contribution in [0.5, 0.6) is 0 Å². The highest BCUT2D eigenvalue weighted by Crippen LogP contribution is 2.21. The summed E-state index contributed by atoms with van der Waals surface area (Å²) < 4.78 is 2.21. The van der Waals surface area contributed by atoms with E-state index in [1.807, 2.05) is 25.1 Å². The van der Waals surface area contributed by atoms with E-state index in [9.17, 15) is 4.79 Å². The molecule has 0 radical (unpaired) electrons. The van der Waals surface area contributed by atoms with Crippen LogP contribution in [0, 0.1) is 5.92 Å². The van der Waals surface area contributed by atoms with E-state index in [0.29, 0.717) is 6.54 Å². The van der Waals surface area contributed by atoms with Crippen LogP contribution < -0.4 is 11.1 Å². The quantitative estimate of drug-likeness (QED) is 0.867. The van der Waals surface area contributed by atoms with Crippen molar-refractivity contribution in [2.45, 2.75) is 26.8 Å². The van der Waals surface area contributed by atoms with Gasteiger partial charge in [0.25, 0.3) is 0 Å². The van der Waals surface area contributed by atoms with Crippen molar-refractivity contribution in [3.05, 3.63) is 30.5 Å². The van der Waals surface area contributed by atoms with Crippen LogP contribution in [-0.4, -0.2) is 17.0 Å². The number of rotatable bonds is 5. The first-order chi connectivity index (χ1) is 9.15. The Morgan fingerprint density at radius 2 is 2.21 bits per heavy atom. The summed E-state index contributed by atoms with van der Waals surface area (Å²) in [4.78, 5) is 11.8. The Morgan fingerprint density at radius 1 is 1.42 bits per heavy atom. The number of carbonyl (C=O) groups is 1. The van der Waals surface area contributed by atoms with Crippen LogP contribution in [0.25, 0.3) is 10.9 Å². The maximum atomic E-state index is 11.8. The van der Waals surface area contributed by atoms with Gasteiger partial charge in [-0.3, -0.25) is 4.79 Å². The first-order valence-corrected chi connectivity index (χ1v) is 6.75. The van der Waals surface area contributed by atoms with E-state index in [-0.39, 0.29) is 11.8 Å². The molecule has 1 atom stereocenters. The number of aromatic nitrogens is 1. The Kier molecular flexibility index (Phi) is 4.22. The number of benzene rings is 1. The highest BCUT2D eigenvalue weighted by Gasteiger charge is 2.11. The topological polar surface area (TPSA) is 60.0 Å². The van der Waals surface area contributed by atoms with Crippen molar-refractivity contribution in [2.75, 3.05) is 11.9 Å². The summed E-state index contributed by atoms with van der Waals surface area (Å²) in [6, 6.07) is 8.08. The molecule has 0 saturated heterocycles. The van der Waals surface area contributed by atoms with Gasteiger partial charge >= 0.3 is 0 Å². The van der Waals surface area contributed by atoms with Crippen LogP contribution >= 0.6 is 0 Å². The first kappa shape index (κ1) is 13.6. The van der Waals surface area contributed by atoms with Gasteiger partial charge in [-0.2, -0.15) is 0 Å². The monoisotopic (exact) mass is 259 g/mol. The van der Waals surface area contributed by atoms with Crippen molar-refractivity contribution in [1.82, 2.24) is 4.57 Å². The summed E-state index contributed by atoms with van der Waals surface area (Å²) in [6.45, 7) is 5.33. The molecule has 19 heavy (non-hydrogen) atoms. The number of anilines is 1. The maximum absolute atomic E-state index is 11.8. The summed E-state index contributed by atoms with van der Waals surface area (Å²) in [6.07, 6.45) is 3.17. The molecule has 1 aromatic heterocycles. The fourth-order valence-electron chi connectivity index (χ4n) is 2.07. The van der Waals surface area contributed by atoms with E-state index in [1.54, 1.807) is 0 Å². The number of hydrogen-bond acceptors (Lipinski definition) is 2. The van der Waals surface area contributed by atoms with Crippen LogP contribution in [0.15, 0.2) is 30.5 Å². The number of aryl methyl sites for hydroxylation is 1. The number of hydrogen-bond donors (Lipinski definition) is 2. The maximum Gasteiger partial charge on any atom is 0.228 e. The number of carbonyl (C=O) groups excluding carboxylic acids is 1. The largest absolute Gasteiger partial charge is 0.347 e. The second-order valence-corrected chi connectivity index (χ2v) is 4.91. The molecule has 0 saturated carbocycles. The molecule has 4 nitrogen and oxygen atoms in total. The van der Waals surface area contributed by atoms with E-state index < -0.39 is 0 Å². The highest BCUT2D eigenvalue weighted by atomic mass is 16.1. The zero-order chi connectivity index (χ0) is 13.8. The standard InChI is InChI=1S/C15H21N3O/c1-3-7-18-8-6-12-4-5-13(9-14(12)18)17-15(19)11(2)10-16/h4-6,8-9,11H,3,7,10,16H2,1-2H3,(H,17,19). The molecule has 0 fully saturated rings. The second kappa shape index (κ2) is 5.89. The van der Waals surface area contributed by atoms with Gasteiger partial charge in [-0.25, -0.2) is 0 Å². The van der Waals surface area contributed by atoms with E-state index in [2.05, 4.69) is 29.1 Å². The smallest absolute Gasteiger partial charge is 0.228 e. The summed E-state index contributed by atoms with van der Waals surface area (Å²) in [5.41, 5.74) is 7.48. The van der Waals surface area contributed by atoms with Crippen LogP contribution in [-0.2, 0) is 11.3 Å². The summed E-state index contributed by atoms with van der Waals surface area (Å²) in [5.74, 6) is -0.200. The SMILES string of the molecule is CCCn1ccc2ccc(NC(=O)C(C)CN)cc21. The van der Waals surface area contributed by atoms with Gasteiger partial charge in [-0.15, -0.1) is 0 Å². The Labute approximate surface area is 113 Å². The zero-order valence-corrected chi connectivity index (χ0v) is 11.5. The average molecular weight is 259 g/mol. The van der Waals surface area contributed by atoms with Crippen molar-refractivity contribution in [3.63, 3.8) is 0 Å². The van der Waals surface area contributed by atoms with E-state index in [0.717, 1.165) is 24.2 Å². The number of amides is 1. The van der Waals surface area contributed by atoms with E-state index in [1.165, 1.54) is 5.39 Å². The number of nitrogens with one attached hydrogen (secondary N) is 1. The average Bonchev–Trinajstić information content (AvgIpc) is 2.81. The molecule has 1 amide bonds. The molecule has 1 aromatic carbocycles. The minimum absolute atomic E-state index is 0.0320. The summed E-state index contributed by atoms with van der Waals surface area (Å²) in [5, 5.41) is 4.10. The normalized spacial score (nSPS) is 12.6. The lowest BCUT2D eigenvalue weighted by atomic mass is 10.1. The molecule has 2 rings (SSSR count). The number of nitrogens with zero attached hydrogens (tertiary/aromatic N) is 1. The molecular formula is C15H21N3O. The van der Waals surface area contributed by atoms with Gasteiger partial charge in [0.1, 0.15) is 0 Å². The molecule has 0 bridgehead atoms. The van der Waals surface area contributed by atoms with E-state index in [4.69, 9.17) is 5.73 Å². The van der Waals surface area contributed by atoms with Gasteiger partial charge in [-0.05, 0) is 30.0 Å². The summed E-state index contributed by atoms with van der Waals surface area (Å²) in [7, 11) is 0. The van der Waals surface area contributed by atoms with Crippen LogP contribution in [0.1, 0.15) is 20.3 Å². The van der Waals surface area contributed by atoms with Gasteiger partial charge in [0.2, 0.25) is 5.91 Å². The Hall–Kier alpha value is -1.81. The molecule has 0 aliphatic rings. The predicted molar refractivity (Wildman–Crippen MR) is 79.1 cm³/mol.